The Morgan fingerprint density at radius 3 is 2.27 bits per heavy atom. The minimum absolute atomic E-state index is 0.524. The Balaban J connectivity index is 1.82. The van der Waals surface area contributed by atoms with Crippen molar-refractivity contribution >= 4 is 0 Å². The molecule has 1 aromatic carbocycles. The SMILES string of the molecule is CCc1ccc(COC2CCCC2)cc1. The van der Waals surface area contributed by atoms with Crippen molar-refractivity contribution in [3.63, 3.8) is 0 Å². The standard InChI is InChI=1S/C14H20O/c1-2-12-7-9-13(10-8-12)11-15-14-5-3-4-6-14/h7-10,14H,2-6,11H2,1H3. The van der Waals surface area contributed by atoms with Crippen LogP contribution in [0.25, 0.3) is 0 Å². The molecule has 1 aliphatic carbocycles. The summed E-state index contributed by atoms with van der Waals surface area (Å²) in [5, 5.41) is 0. The molecule has 0 amide bonds. The van der Waals surface area contributed by atoms with E-state index in [2.05, 4.69) is 31.2 Å². The quantitative estimate of drug-likeness (QED) is 0.726. The summed E-state index contributed by atoms with van der Waals surface area (Å²) >= 11 is 0. The van der Waals surface area contributed by atoms with Gasteiger partial charge in [-0.2, -0.15) is 0 Å². The maximum absolute atomic E-state index is 5.86. The number of aryl methyl sites for hydroxylation is 1. The van der Waals surface area contributed by atoms with Gasteiger partial charge in [-0.15, -0.1) is 0 Å². The average molecular weight is 204 g/mol. The van der Waals surface area contributed by atoms with Gasteiger partial charge in [0, 0.05) is 0 Å². The van der Waals surface area contributed by atoms with Gasteiger partial charge in [-0.1, -0.05) is 44.0 Å². The summed E-state index contributed by atoms with van der Waals surface area (Å²) in [5.74, 6) is 0. The van der Waals surface area contributed by atoms with Crippen LogP contribution in [-0.4, -0.2) is 6.10 Å². The summed E-state index contributed by atoms with van der Waals surface area (Å²) in [7, 11) is 0. The van der Waals surface area contributed by atoms with Gasteiger partial charge in [-0.3, -0.25) is 0 Å². The summed E-state index contributed by atoms with van der Waals surface area (Å²) in [6.07, 6.45) is 6.85. The van der Waals surface area contributed by atoms with Crippen LogP contribution in [0.1, 0.15) is 43.7 Å². The van der Waals surface area contributed by atoms with E-state index in [-0.39, 0.29) is 0 Å². The van der Waals surface area contributed by atoms with Crippen LogP contribution in [0.4, 0.5) is 0 Å². The van der Waals surface area contributed by atoms with Gasteiger partial charge in [-0.05, 0) is 30.4 Å². The van der Waals surface area contributed by atoms with E-state index in [0.29, 0.717) is 6.10 Å². The van der Waals surface area contributed by atoms with Gasteiger partial charge in [0.15, 0.2) is 0 Å². The predicted octanol–water partition coefficient (Wildman–Crippen LogP) is 3.71. The second kappa shape index (κ2) is 5.32. The van der Waals surface area contributed by atoms with Crippen LogP contribution in [0.5, 0.6) is 0 Å². The minimum Gasteiger partial charge on any atom is -0.374 e. The van der Waals surface area contributed by atoms with Crippen LogP contribution in [0.2, 0.25) is 0 Å². The smallest absolute Gasteiger partial charge is 0.0720 e. The highest BCUT2D eigenvalue weighted by Crippen LogP contribution is 2.22. The summed E-state index contributed by atoms with van der Waals surface area (Å²) in [6.45, 7) is 2.97. The van der Waals surface area contributed by atoms with Crippen LogP contribution in [0.15, 0.2) is 24.3 Å². The van der Waals surface area contributed by atoms with Crippen LogP contribution in [-0.2, 0) is 17.8 Å². The Labute approximate surface area is 92.5 Å². The molecule has 1 fully saturated rings. The maximum atomic E-state index is 5.86. The summed E-state index contributed by atoms with van der Waals surface area (Å²) < 4.78 is 5.86. The first-order valence-corrected chi connectivity index (χ1v) is 6.08. The van der Waals surface area contributed by atoms with Gasteiger partial charge < -0.3 is 4.74 Å². The largest absolute Gasteiger partial charge is 0.374 e. The molecule has 0 aromatic heterocycles. The number of benzene rings is 1. The molecule has 0 saturated heterocycles. The van der Waals surface area contributed by atoms with Crippen molar-refractivity contribution in [2.45, 2.75) is 51.7 Å². The van der Waals surface area contributed by atoms with Crippen LogP contribution < -0.4 is 0 Å². The number of hydrogen-bond acceptors (Lipinski definition) is 1. The normalized spacial score (nSPS) is 17.1. The molecule has 2 rings (SSSR count). The van der Waals surface area contributed by atoms with Crippen molar-refractivity contribution in [2.24, 2.45) is 0 Å². The molecule has 0 unspecified atom stereocenters. The van der Waals surface area contributed by atoms with E-state index >= 15 is 0 Å². The summed E-state index contributed by atoms with van der Waals surface area (Å²) in [4.78, 5) is 0. The topological polar surface area (TPSA) is 9.23 Å². The zero-order valence-corrected chi connectivity index (χ0v) is 9.54. The minimum atomic E-state index is 0.524. The van der Waals surface area contributed by atoms with Gasteiger partial charge in [0.25, 0.3) is 0 Å². The summed E-state index contributed by atoms with van der Waals surface area (Å²) in [5.41, 5.74) is 2.71. The predicted molar refractivity (Wildman–Crippen MR) is 62.9 cm³/mol. The fraction of sp³-hybridized carbons (Fsp3) is 0.571. The Morgan fingerprint density at radius 2 is 1.67 bits per heavy atom. The molecule has 1 aromatic rings. The molecule has 1 heteroatoms. The lowest BCUT2D eigenvalue weighted by molar-refractivity contribution is 0.0457. The van der Waals surface area contributed by atoms with Crippen molar-refractivity contribution in [1.82, 2.24) is 0 Å². The van der Waals surface area contributed by atoms with Gasteiger partial charge in [0.2, 0.25) is 0 Å². The van der Waals surface area contributed by atoms with Gasteiger partial charge >= 0.3 is 0 Å². The van der Waals surface area contributed by atoms with Crippen LogP contribution in [0.3, 0.4) is 0 Å². The molecular weight excluding hydrogens is 184 g/mol. The summed E-state index contributed by atoms with van der Waals surface area (Å²) in [6, 6.07) is 8.78. The third kappa shape index (κ3) is 3.07. The van der Waals surface area contributed by atoms with Crippen LogP contribution in [0, 0.1) is 0 Å². The monoisotopic (exact) mass is 204 g/mol. The second-order valence-corrected chi connectivity index (χ2v) is 4.39. The molecule has 0 N–H and O–H groups in total. The highest BCUT2D eigenvalue weighted by atomic mass is 16.5. The molecule has 1 aliphatic rings. The van der Waals surface area contributed by atoms with E-state index in [9.17, 15) is 0 Å². The van der Waals surface area contributed by atoms with E-state index in [4.69, 9.17) is 4.74 Å². The lowest BCUT2D eigenvalue weighted by Crippen LogP contribution is -2.06. The second-order valence-electron chi connectivity index (χ2n) is 4.39. The zero-order valence-electron chi connectivity index (χ0n) is 9.54. The maximum Gasteiger partial charge on any atom is 0.0720 e. The lowest BCUT2D eigenvalue weighted by Gasteiger charge is -2.11. The van der Waals surface area contributed by atoms with Crippen molar-refractivity contribution < 1.29 is 4.74 Å². The van der Waals surface area contributed by atoms with Crippen molar-refractivity contribution in [3.05, 3.63) is 35.4 Å². The molecule has 0 heterocycles. The Hall–Kier alpha value is -0.820. The van der Waals surface area contributed by atoms with Crippen LogP contribution >= 0.6 is 0 Å². The number of rotatable bonds is 4. The van der Waals surface area contributed by atoms with Gasteiger partial charge in [0.1, 0.15) is 0 Å². The van der Waals surface area contributed by atoms with E-state index < -0.39 is 0 Å². The Bertz CT molecular complexity index is 283. The molecule has 0 spiro atoms. The molecule has 82 valence electrons. The first-order valence-electron chi connectivity index (χ1n) is 6.08. The fourth-order valence-electron chi connectivity index (χ4n) is 2.14. The molecule has 0 aliphatic heterocycles. The molecule has 1 nitrogen and oxygen atoms in total. The highest BCUT2D eigenvalue weighted by molar-refractivity contribution is 5.21. The van der Waals surface area contributed by atoms with Gasteiger partial charge in [0.05, 0.1) is 12.7 Å². The third-order valence-corrected chi connectivity index (χ3v) is 3.22. The molecule has 0 atom stereocenters. The number of hydrogen-bond donors (Lipinski definition) is 0. The number of ether oxygens (including phenoxy) is 1. The fourth-order valence-corrected chi connectivity index (χ4v) is 2.14. The molecule has 1 saturated carbocycles. The zero-order chi connectivity index (χ0) is 10.5. The van der Waals surface area contributed by atoms with Crippen molar-refractivity contribution in [3.8, 4) is 0 Å². The molecule has 0 radical (unpaired) electrons. The molecule has 15 heavy (non-hydrogen) atoms. The Kier molecular flexibility index (Phi) is 3.79. The van der Waals surface area contributed by atoms with E-state index in [0.717, 1.165) is 13.0 Å². The highest BCUT2D eigenvalue weighted by Gasteiger charge is 2.14. The van der Waals surface area contributed by atoms with E-state index in [1.54, 1.807) is 0 Å². The van der Waals surface area contributed by atoms with E-state index in [1.807, 2.05) is 0 Å². The van der Waals surface area contributed by atoms with Crippen molar-refractivity contribution in [2.75, 3.05) is 0 Å². The van der Waals surface area contributed by atoms with E-state index in [1.165, 1.54) is 36.8 Å². The Morgan fingerprint density at radius 1 is 1.07 bits per heavy atom. The molecular formula is C14H20O. The molecule has 0 bridgehead atoms. The van der Waals surface area contributed by atoms with Gasteiger partial charge in [-0.25, -0.2) is 0 Å². The third-order valence-electron chi connectivity index (χ3n) is 3.22. The first kappa shape index (κ1) is 10.7. The van der Waals surface area contributed by atoms with Crippen molar-refractivity contribution in [1.29, 1.82) is 0 Å². The average Bonchev–Trinajstić information content (AvgIpc) is 2.80. The first-order chi connectivity index (χ1) is 7.38. The lowest BCUT2D eigenvalue weighted by atomic mass is 10.1.